The predicted octanol–water partition coefficient (Wildman–Crippen LogP) is 1.71. The summed E-state index contributed by atoms with van der Waals surface area (Å²) in [6, 6.07) is 0.184. The quantitative estimate of drug-likeness (QED) is 0.899. The number of methoxy groups -OCH3 is 1. The summed E-state index contributed by atoms with van der Waals surface area (Å²) in [5.41, 5.74) is 1.72. The van der Waals surface area contributed by atoms with E-state index in [1.807, 2.05) is 25.7 Å². The van der Waals surface area contributed by atoms with Crippen molar-refractivity contribution in [3.8, 4) is 0 Å². The van der Waals surface area contributed by atoms with Crippen molar-refractivity contribution < 1.29 is 9.47 Å². The first kappa shape index (κ1) is 15.8. The van der Waals surface area contributed by atoms with Gasteiger partial charge in [-0.2, -0.15) is 5.10 Å². The molecule has 1 aliphatic heterocycles. The predicted molar refractivity (Wildman–Crippen MR) is 79.3 cm³/mol. The van der Waals surface area contributed by atoms with Crippen LogP contribution in [0.5, 0.6) is 0 Å². The molecule has 1 aliphatic rings. The standard InChI is InChI=1S/C14H24ClN3O2/c1-10-13(15)11(18(3)17-10)9-12(16-2)14(19-4)5-7-20-8-6-14/h12,16H,5-9H2,1-4H3. The molecule has 1 aromatic rings. The Morgan fingerprint density at radius 3 is 2.60 bits per heavy atom. The molecule has 0 amide bonds. The molecular weight excluding hydrogens is 278 g/mol. The Morgan fingerprint density at radius 1 is 1.50 bits per heavy atom. The molecule has 1 atom stereocenters. The average molecular weight is 302 g/mol. The number of hydrogen-bond donors (Lipinski definition) is 1. The summed E-state index contributed by atoms with van der Waals surface area (Å²) in [4.78, 5) is 0. The van der Waals surface area contributed by atoms with Crippen LogP contribution in [0.4, 0.5) is 0 Å². The number of halogens is 1. The first-order chi connectivity index (χ1) is 9.54. The summed E-state index contributed by atoms with van der Waals surface area (Å²) in [5.74, 6) is 0. The molecule has 114 valence electrons. The van der Waals surface area contributed by atoms with Gasteiger partial charge in [0.15, 0.2) is 0 Å². The van der Waals surface area contributed by atoms with Gasteiger partial charge in [-0.3, -0.25) is 4.68 Å². The molecule has 0 saturated carbocycles. The lowest BCUT2D eigenvalue weighted by Gasteiger charge is -2.42. The van der Waals surface area contributed by atoms with Gasteiger partial charge in [-0.25, -0.2) is 0 Å². The van der Waals surface area contributed by atoms with E-state index in [1.165, 1.54) is 0 Å². The molecule has 1 aromatic heterocycles. The molecule has 5 nitrogen and oxygen atoms in total. The third kappa shape index (κ3) is 2.86. The number of likely N-dealkylation sites (N-methyl/N-ethyl adjacent to an activating group) is 1. The van der Waals surface area contributed by atoms with Crippen LogP contribution in [-0.4, -0.2) is 48.8 Å². The van der Waals surface area contributed by atoms with Crippen molar-refractivity contribution in [2.75, 3.05) is 27.4 Å². The van der Waals surface area contributed by atoms with Gasteiger partial charge in [-0.05, 0) is 14.0 Å². The van der Waals surface area contributed by atoms with Crippen molar-refractivity contribution in [3.63, 3.8) is 0 Å². The van der Waals surface area contributed by atoms with Gasteiger partial charge in [0.2, 0.25) is 0 Å². The summed E-state index contributed by atoms with van der Waals surface area (Å²) in [5, 5.41) is 8.53. The van der Waals surface area contributed by atoms with E-state index in [2.05, 4.69) is 10.4 Å². The summed E-state index contributed by atoms with van der Waals surface area (Å²) in [6.07, 6.45) is 2.58. The molecule has 0 radical (unpaired) electrons. The normalized spacial score (nSPS) is 20.1. The highest BCUT2D eigenvalue weighted by molar-refractivity contribution is 6.31. The number of nitrogens with zero attached hydrogens (tertiary/aromatic N) is 2. The number of rotatable bonds is 5. The van der Waals surface area contributed by atoms with Gasteiger partial charge in [-0.1, -0.05) is 11.6 Å². The van der Waals surface area contributed by atoms with E-state index in [1.54, 1.807) is 7.11 Å². The van der Waals surface area contributed by atoms with Crippen LogP contribution in [0.3, 0.4) is 0 Å². The fourth-order valence-corrected chi connectivity index (χ4v) is 3.30. The number of nitrogens with one attached hydrogen (secondary N) is 1. The molecule has 1 unspecified atom stereocenters. The highest BCUT2D eigenvalue weighted by atomic mass is 35.5. The molecule has 6 heteroatoms. The van der Waals surface area contributed by atoms with Crippen molar-refractivity contribution in [2.45, 2.75) is 37.8 Å². The number of aromatic nitrogens is 2. The zero-order valence-electron chi connectivity index (χ0n) is 12.7. The Labute approximate surface area is 125 Å². The van der Waals surface area contributed by atoms with Gasteiger partial charge in [0.1, 0.15) is 0 Å². The number of aryl methyl sites for hydroxylation is 2. The zero-order chi connectivity index (χ0) is 14.8. The molecule has 0 aliphatic carbocycles. The van der Waals surface area contributed by atoms with Gasteiger partial charge in [0.05, 0.1) is 22.0 Å². The maximum absolute atomic E-state index is 6.37. The second kappa shape index (κ2) is 6.43. The number of ether oxygens (including phenoxy) is 2. The molecule has 1 saturated heterocycles. The van der Waals surface area contributed by atoms with Crippen molar-refractivity contribution in [1.29, 1.82) is 0 Å². The van der Waals surface area contributed by atoms with E-state index < -0.39 is 0 Å². The third-order valence-electron chi connectivity index (χ3n) is 4.39. The Hall–Kier alpha value is -0.620. The second-order valence-corrected chi connectivity index (χ2v) is 5.77. The molecule has 2 rings (SSSR count). The summed E-state index contributed by atoms with van der Waals surface area (Å²) in [6.45, 7) is 3.41. The molecule has 0 bridgehead atoms. The monoisotopic (exact) mass is 301 g/mol. The Kier molecular flexibility index (Phi) is 5.07. The molecule has 2 heterocycles. The smallest absolute Gasteiger partial charge is 0.0878 e. The van der Waals surface area contributed by atoms with Crippen molar-refractivity contribution in [3.05, 3.63) is 16.4 Å². The minimum absolute atomic E-state index is 0.184. The second-order valence-electron chi connectivity index (χ2n) is 5.40. The van der Waals surface area contributed by atoms with E-state index in [0.717, 1.165) is 48.9 Å². The van der Waals surface area contributed by atoms with Crippen molar-refractivity contribution in [1.82, 2.24) is 15.1 Å². The fraction of sp³-hybridized carbons (Fsp3) is 0.786. The van der Waals surface area contributed by atoms with Crippen LogP contribution in [0, 0.1) is 6.92 Å². The van der Waals surface area contributed by atoms with Crippen LogP contribution >= 0.6 is 11.6 Å². The van der Waals surface area contributed by atoms with Crippen molar-refractivity contribution in [2.24, 2.45) is 7.05 Å². The van der Waals surface area contributed by atoms with Gasteiger partial charge in [0, 0.05) is 52.7 Å². The summed E-state index contributed by atoms with van der Waals surface area (Å²) >= 11 is 6.37. The topological polar surface area (TPSA) is 48.3 Å². The first-order valence-electron chi connectivity index (χ1n) is 7.02. The minimum Gasteiger partial charge on any atom is -0.381 e. The molecular formula is C14H24ClN3O2. The van der Waals surface area contributed by atoms with Crippen LogP contribution in [0.1, 0.15) is 24.2 Å². The molecule has 1 fully saturated rings. The lowest BCUT2D eigenvalue weighted by molar-refractivity contribution is -0.109. The van der Waals surface area contributed by atoms with E-state index in [4.69, 9.17) is 21.1 Å². The largest absolute Gasteiger partial charge is 0.381 e. The van der Waals surface area contributed by atoms with Crippen LogP contribution < -0.4 is 5.32 Å². The minimum atomic E-state index is -0.200. The molecule has 1 N–H and O–H groups in total. The maximum atomic E-state index is 6.37. The molecule has 0 aromatic carbocycles. The van der Waals surface area contributed by atoms with Gasteiger partial charge in [0.25, 0.3) is 0 Å². The lowest BCUT2D eigenvalue weighted by Crippen LogP contribution is -2.55. The van der Waals surface area contributed by atoms with Gasteiger partial charge >= 0.3 is 0 Å². The van der Waals surface area contributed by atoms with Crippen LogP contribution in [0.15, 0.2) is 0 Å². The summed E-state index contributed by atoms with van der Waals surface area (Å²) in [7, 11) is 5.69. The first-order valence-corrected chi connectivity index (χ1v) is 7.40. The fourth-order valence-electron chi connectivity index (χ4n) is 3.06. The Balaban J connectivity index is 2.23. The maximum Gasteiger partial charge on any atom is 0.0878 e. The highest BCUT2D eigenvalue weighted by Gasteiger charge is 2.40. The Morgan fingerprint density at radius 2 is 2.15 bits per heavy atom. The summed E-state index contributed by atoms with van der Waals surface area (Å²) < 4.78 is 13.2. The van der Waals surface area contributed by atoms with E-state index in [9.17, 15) is 0 Å². The van der Waals surface area contributed by atoms with Gasteiger partial charge in [-0.15, -0.1) is 0 Å². The molecule has 20 heavy (non-hydrogen) atoms. The van der Waals surface area contributed by atoms with Crippen LogP contribution in [0.2, 0.25) is 5.02 Å². The van der Waals surface area contributed by atoms with E-state index in [0.29, 0.717) is 0 Å². The molecule has 0 spiro atoms. The number of hydrogen-bond acceptors (Lipinski definition) is 4. The lowest BCUT2D eigenvalue weighted by atomic mass is 9.83. The third-order valence-corrected chi connectivity index (χ3v) is 4.88. The SMILES string of the molecule is CNC(Cc1c(Cl)c(C)nn1C)C1(OC)CCOCC1. The van der Waals surface area contributed by atoms with Crippen LogP contribution in [0.25, 0.3) is 0 Å². The Bertz CT molecular complexity index is 456. The van der Waals surface area contributed by atoms with E-state index in [-0.39, 0.29) is 11.6 Å². The average Bonchev–Trinajstić information content (AvgIpc) is 2.71. The van der Waals surface area contributed by atoms with Crippen LogP contribution in [-0.2, 0) is 22.9 Å². The van der Waals surface area contributed by atoms with Crippen molar-refractivity contribution >= 4 is 11.6 Å². The van der Waals surface area contributed by atoms with Gasteiger partial charge < -0.3 is 14.8 Å². The highest BCUT2D eigenvalue weighted by Crippen LogP contribution is 2.31. The van der Waals surface area contributed by atoms with E-state index >= 15 is 0 Å². The zero-order valence-corrected chi connectivity index (χ0v) is 13.5.